The number of carbonyl (C=O) groups excluding carboxylic acids is 2. The fraction of sp³-hybridized carbons (Fsp3) is 0.600. The number of halogens is 1. The number of nitrogens with one attached hydrogen (secondary N) is 2. The Morgan fingerprint density at radius 2 is 1.93 bits per heavy atom. The number of amides is 2. The van der Waals surface area contributed by atoms with Crippen molar-refractivity contribution in [2.24, 2.45) is 0 Å². The quantitative estimate of drug-likeness (QED) is 0.525. The molecule has 1 unspecified atom stereocenters. The topological polar surface area (TPSA) is 64.7 Å². The highest BCUT2D eigenvalue weighted by atomic mass is 35.5. The van der Waals surface area contributed by atoms with Crippen LogP contribution in [0.1, 0.15) is 43.0 Å². The molecule has 1 fully saturated rings. The Kier molecular flexibility index (Phi) is 8.38. The second-order valence-corrected chi connectivity index (χ2v) is 7.95. The maximum absolute atomic E-state index is 12.8. The van der Waals surface area contributed by atoms with Gasteiger partial charge in [0.25, 0.3) is 5.91 Å². The van der Waals surface area contributed by atoms with Gasteiger partial charge >= 0.3 is 0 Å². The van der Waals surface area contributed by atoms with Crippen LogP contribution >= 0.6 is 11.6 Å². The molecule has 27 heavy (non-hydrogen) atoms. The first-order valence-electron chi connectivity index (χ1n) is 9.65. The summed E-state index contributed by atoms with van der Waals surface area (Å²) in [5.74, 6) is -0.385. The van der Waals surface area contributed by atoms with E-state index in [0.29, 0.717) is 17.8 Å². The summed E-state index contributed by atoms with van der Waals surface area (Å²) < 4.78 is 0. The molecule has 2 amide bonds. The highest BCUT2D eigenvalue weighted by Gasteiger charge is 2.20. The van der Waals surface area contributed by atoms with Gasteiger partial charge in [-0.05, 0) is 71.4 Å². The number of rotatable bonds is 8. The predicted octanol–water partition coefficient (Wildman–Crippen LogP) is 2.92. The van der Waals surface area contributed by atoms with E-state index < -0.39 is 5.38 Å². The van der Waals surface area contributed by atoms with Crippen LogP contribution in [0.25, 0.3) is 0 Å². The number of piperidine rings is 1. The van der Waals surface area contributed by atoms with Gasteiger partial charge in [-0.2, -0.15) is 0 Å². The molecular formula is C20H31ClN4O2. The van der Waals surface area contributed by atoms with E-state index in [9.17, 15) is 9.59 Å². The Hall–Kier alpha value is -1.79. The molecule has 2 rings (SSSR count). The molecule has 0 bridgehead atoms. The molecule has 1 aromatic carbocycles. The van der Waals surface area contributed by atoms with Crippen molar-refractivity contribution in [3.05, 3.63) is 23.8 Å². The van der Waals surface area contributed by atoms with Crippen molar-refractivity contribution in [3.8, 4) is 0 Å². The molecule has 0 radical (unpaired) electrons. The molecule has 6 nitrogen and oxygen atoms in total. The first-order chi connectivity index (χ1) is 12.9. The fourth-order valence-electron chi connectivity index (χ4n) is 3.14. The van der Waals surface area contributed by atoms with E-state index in [1.165, 1.54) is 6.42 Å². The van der Waals surface area contributed by atoms with E-state index in [4.69, 9.17) is 11.6 Å². The van der Waals surface area contributed by atoms with Gasteiger partial charge in [0.15, 0.2) is 0 Å². The summed E-state index contributed by atoms with van der Waals surface area (Å²) in [4.78, 5) is 29.1. The summed E-state index contributed by atoms with van der Waals surface area (Å²) in [5.41, 5.74) is 2.12. The second-order valence-electron chi connectivity index (χ2n) is 7.30. The van der Waals surface area contributed by atoms with Gasteiger partial charge in [0.1, 0.15) is 5.38 Å². The zero-order chi connectivity index (χ0) is 19.8. The van der Waals surface area contributed by atoms with Crippen LogP contribution in [0.15, 0.2) is 18.2 Å². The van der Waals surface area contributed by atoms with E-state index in [1.807, 2.05) is 26.2 Å². The van der Waals surface area contributed by atoms with Crippen LogP contribution in [0.2, 0.25) is 0 Å². The zero-order valence-electron chi connectivity index (χ0n) is 16.6. The van der Waals surface area contributed by atoms with Crippen LogP contribution in [0.5, 0.6) is 0 Å². The normalized spacial score (nSPS) is 15.5. The molecule has 0 spiro atoms. The molecule has 7 heteroatoms. The molecule has 0 aromatic heterocycles. The fourth-order valence-corrected chi connectivity index (χ4v) is 3.19. The highest BCUT2D eigenvalue weighted by Crippen LogP contribution is 2.27. The molecule has 0 aliphatic carbocycles. The minimum absolute atomic E-state index is 0.107. The number of benzene rings is 1. The van der Waals surface area contributed by atoms with E-state index in [1.54, 1.807) is 13.0 Å². The SMILES string of the molecule is CC(Cl)C(=O)Nc1ccc(N2CCCCC2)c(C(=O)NCCCN(C)C)c1. The van der Waals surface area contributed by atoms with Crippen molar-refractivity contribution in [2.75, 3.05) is 50.5 Å². The monoisotopic (exact) mass is 394 g/mol. The Morgan fingerprint density at radius 1 is 1.22 bits per heavy atom. The summed E-state index contributed by atoms with van der Waals surface area (Å²) in [6.07, 6.45) is 4.38. The summed E-state index contributed by atoms with van der Waals surface area (Å²) in [6.45, 7) is 5.06. The van der Waals surface area contributed by atoms with Crippen LogP contribution in [0, 0.1) is 0 Å². The van der Waals surface area contributed by atoms with Crippen LogP contribution < -0.4 is 15.5 Å². The number of hydrogen-bond donors (Lipinski definition) is 2. The van der Waals surface area contributed by atoms with Crippen LogP contribution in [-0.2, 0) is 4.79 Å². The minimum Gasteiger partial charge on any atom is -0.371 e. The Balaban J connectivity index is 2.17. The van der Waals surface area contributed by atoms with Gasteiger partial charge in [0.05, 0.1) is 5.56 Å². The van der Waals surface area contributed by atoms with Crippen molar-refractivity contribution < 1.29 is 9.59 Å². The number of carbonyl (C=O) groups is 2. The molecule has 1 atom stereocenters. The maximum atomic E-state index is 12.8. The number of nitrogens with zero attached hydrogens (tertiary/aromatic N) is 2. The first-order valence-corrected chi connectivity index (χ1v) is 10.1. The molecule has 2 N–H and O–H groups in total. The number of anilines is 2. The largest absolute Gasteiger partial charge is 0.371 e. The minimum atomic E-state index is -0.630. The summed E-state index contributed by atoms with van der Waals surface area (Å²) in [5, 5.41) is 5.15. The zero-order valence-corrected chi connectivity index (χ0v) is 17.3. The third-order valence-electron chi connectivity index (χ3n) is 4.63. The van der Waals surface area contributed by atoms with Gasteiger partial charge in [-0.1, -0.05) is 0 Å². The van der Waals surface area contributed by atoms with E-state index >= 15 is 0 Å². The van der Waals surface area contributed by atoms with Gasteiger partial charge in [-0.25, -0.2) is 0 Å². The lowest BCUT2D eigenvalue weighted by atomic mass is 10.1. The lowest BCUT2D eigenvalue weighted by Gasteiger charge is -2.30. The Morgan fingerprint density at radius 3 is 2.56 bits per heavy atom. The second kappa shape index (κ2) is 10.5. The molecule has 1 heterocycles. The van der Waals surface area contributed by atoms with Gasteiger partial charge in [-0.3, -0.25) is 9.59 Å². The third-order valence-corrected chi connectivity index (χ3v) is 4.83. The van der Waals surface area contributed by atoms with E-state index in [2.05, 4.69) is 20.4 Å². The summed E-state index contributed by atoms with van der Waals surface area (Å²) >= 11 is 5.84. The molecule has 1 aromatic rings. The van der Waals surface area contributed by atoms with Crippen LogP contribution in [-0.4, -0.2) is 62.4 Å². The van der Waals surface area contributed by atoms with Crippen molar-refractivity contribution in [3.63, 3.8) is 0 Å². The average molecular weight is 395 g/mol. The first kappa shape index (κ1) is 21.5. The Labute approximate surface area is 167 Å². The molecule has 1 aliphatic heterocycles. The summed E-state index contributed by atoms with van der Waals surface area (Å²) in [6, 6.07) is 5.51. The van der Waals surface area contributed by atoms with Crippen molar-refractivity contribution in [1.29, 1.82) is 0 Å². The predicted molar refractivity (Wildman–Crippen MR) is 112 cm³/mol. The van der Waals surface area contributed by atoms with Crippen LogP contribution in [0.4, 0.5) is 11.4 Å². The lowest BCUT2D eigenvalue weighted by Crippen LogP contribution is -2.33. The van der Waals surface area contributed by atoms with Gasteiger partial charge in [-0.15, -0.1) is 11.6 Å². The number of alkyl halides is 1. The smallest absolute Gasteiger partial charge is 0.253 e. The maximum Gasteiger partial charge on any atom is 0.253 e. The molecule has 0 saturated carbocycles. The average Bonchev–Trinajstić information content (AvgIpc) is 2.65. The van der Waals surface area contributed by atoms with Crippen molar-refractivity contribution in [1.82, 2.24) is 10.2 Å². The van der Waals surface area contributed by atoms with Gasteiger partial charge in [0, 0.05) is 31.0 Å². The molecular weight excluding hydrogens is 364 g/mol. The summed E-state index contributed by atoms with van der Waals surface area (Å²) in [7, 11) is 4.03. The highest BCUT2D eigenvalue weighted by molar-refractivity contribution is 6.32. The standard InChI is InChI=1S/C20H31ClN4O2/c1-15(21)19(26)23-16-8-9-18(25-12-5-4-6-13-25)17(14-16)20(27)22-10-7-11-24(2)3/h8-9,14-15H,4-7,10-13H2,1-3H3,(H,22,27)(H,23,26). The Bertz CT molecular complexity index is 643. The van der Waals surface area contributed by atoms with E-state index in [0.717, 1.165) is 44.6 Å². The van der Waals surface area contributed by atoms with Crippen molar-refractivity contribution >= 4 is 34.8 Å². The molecule has 1 aliphatic rings. The number of hydrogen-bond acceptors (Lipinski definition) is 4. The molecule has 150 valence electrons. The molecule has 1 saturated heterocycles. The third kappa shape index (κ3) is 6.70. The van der Waals surface area contributed by atoms with Gasteiger partial charge < -0.3 is 20.4 Å². The van der Waals surface area contributed by atoms with E-state index in [-0.39, 0.29) is 11.8 Å². The van der Waals surface area contributed by atoms with Gasteiger partial charge in [0.2, 0.25) is 5.91 Å². The van der Waals surface area contributed by atoms with Crippen molar-refractivity contribution in [2.45, 2.75) is 38.0 Å². The lowest BCUT2D eigenvalue weighted by molar-refractivity contribution is -0.115. The van der Waals surface area contributed by atoms with Crippen LogP contribution in [0.3, 0.4) is 0 Å².